The lowest BCUT2D eigenvalue weighted by Crippen LogP contribution is -2.27. The quantitative estimate of drug-likeness (QED) is 0.778. The van der Waals surface area contributed by atoms with Crippen molar-refractivity contribution in [2.75, 3.05) is 7.11 Å². The van der Waals surface area contributed by atoms with E-state index in [-0.39, 0.29) is 15.5 Å². The Kier molecular flexibility index (Phi) is 5.47. The molecule has 7 nitrogen and oxygen atoms in total. The first-order valence-electron chi connectivity index (χ1n) is 7.03. The van der Waals surface area contributed by atoms with E-state index in [1.807, 2.05) is 0 Å². The smallest absolute Gasteiger partial charge is 0.241 e. The van der Waals surface area contributed by atoms with Crippen LogP contribution in [0, 0.1) is 5.82 Å². The first-order chi connectivity index (χ1) is 11.5. The molecule has 25 heavy (non-hydrogen) atoms. The van der Waals surface area contributed by atoms with E-state index in [1.54, 1.807) is 0 Å². The lowest BCUT2D eigenvalue weighted by Gasteiger charge is -2.16. The van der Waals surface area contributed by atoms with Crippen molar-refractivity contribution < 1.29 is 26.0 Å². The molecule has 3 N–H and O–H groups in total. The SMILES string of the molecule is COc1ccc(C(C)NS(=O)(=O)c2cccc(S(N)(=O)=O)c2)cc1F. The Morgan fingerprint density at radius 3 is 2.28 bits per heavy atom. The highest BCUT2D eigenvalue weighted by Crippen LogP contribution is 2.23. The fourth-order valence-electron chi connectivity index (χ4n) is 2.14. The van der Waals surface area contributed by atoms with Gasteiger partial charge in [-0.2, -0.15) is 0 Å². The van der Waals surface area contributed by atoms with Gasteiger partial charge in [0.25, 0.3) is 0 Å². The van der Waals surface area contributed by atoms with Gasteiger partial charge in [-0.05, 0) is 42.8 Å². The monoisotopic (exact) mass is 388 g/mol. The third-order valence-electron chi connectivity index (χ3n) is 3.45. The second kappa shape index (κ2) is 7.08. The highest BCUT2D eigenvalue weighted by molar-refractivity contribution is 7.90. The summed E-state index contributed by atoms with van der Waals surface area (Å²) < 4.78 is 68.5. The number of hydrogen-bond acceptors (Lipinski definition) is 5. The summed E-state index contributed by atoms with van der Waals surface area (Å²) in [4.78, 5) is -0.585. The van der Waals surface area contributed by atoms with Crippen LogP contribution in [0.3, 0.4) is 0 Å². The molecule has 0 radical (unpaired) electrons. The van der Waals surface area contributed by atoms with Crippen LogP contribution in [0.25, 0.3) is 0 Å². The molecule has 0 spiro atoms. The van der Waals surface area contributed by atoms with Crippen LogP contribution in [-0.4, -0.2) is 23.9 Å². The number of primary sulfonamides is 1. The number of nitrogens with two attached hydrogens (primary N) is 1. The van der Waals surface area contributed by atoms with Crippen LogP contribution >= 0.6 is 0 Å². The summed E-state index contributed by atoms with van der Waals surface area (Å²) in [5, 5.41) is 5.01. The molecule has 0 saturated heterocycles. The van der Waals surface area contributed by atoms with Crippen molar-refractivity contribution in [3.05, 3.63) is 53.8 Å². The zero-order valence-electron chi connectivity index (χ0n) is 13.4. The number of benzene rings is 2. The Bertz CT molecular complexity index is 991. The van der Waals surface area contributed by atoms with Gasteiger partial charge < -0.3 is 4.74 Å². The molecule has 0 aliphatic carbocycles. The zero-order chi connectivity index (χ0) is 18.8. The molecule has 10 heteroatoms. The van der Waals surface area contributed by atoms with Gasteiger partial charge in [0.15, 0.2) is 11.6 Å². The Balaban J connectivity index is 2.31. The first kappa shape index (κ1) is 19.3. The van der Waals surface area contributed by atoms with Gasteiger partial charge in [-0.15, -0.1) is 0 Å². The number of rotatable bonds is 6. The molecule has 0 bridgehead atoms. The number of nitrogens with one attached hydrogen (secondary N) is 1. The average molecular weight is 388 g/mol. The van der Waals surface area contributed by atoms with Gasteiger partial charge in [0.1, 0.15) is 0 Å². The third kappa shape index (κ3) is 4.54. The van der Waals surface area contributed by atoms with Crippen LogP contribution in [0.2, 0.25) is 0 Å². The molecule has 1 atom stereocenters. The molecule has 136 valence electrons. The topological polar surface area (TPSA) is 116 Å². The van der Waals surface area contributed by atoms with Gasteiger partial charge in [-0.3, -0.25) is 0 Å². The number of ether oxygens (including phenoxy) is 1. The summed E-state index contributed by atoms with van der Waals surface area (Å²) >= 11 is 0. The van der Waals surface area contributed by atoms with E-state index in [0.29, 0.717) is 5.56 Å². The summed E-state index contributed by atoms with van der Waals surface area (Å²) in [6.45, 7) is 1.53. The van der Waals surface area contributed by atoms with Crippen molar-refractivity contribution in [3.8, 4) is 5.75 Å². The average Bonchev–Trinajstić information content (AvgIpc) is 2.53. The molecule has 0 heterocycles. The molecule has 0 aliphatic heterocycles. The molecule has 0 fully saturated rings. The van der Waals surface area contributed by atoms with E-state index >= 15 is 0 Å². The van der Waals surface area contributed by atoms with Gasteiger partial charge in [0, 0.05) is 6.04 Å². The van der Waals surface area contributed by atoms with Crippen molar-refractivity contribution in [1.29, 1.82) is 0 Å². The normalized spacial score (nSPS) is 13.4. The van der Waals surface area contributed by atoms with Gasteiger partial charge >= 0.3 is 0 Å². The van der Waals surface area contributed by atoms with Crippen LogP contribution in [0.4, 0.5) is 4.39 Å². The fourth-order valence-corrected chi connectivity index (χ4v) is 4.05. The van der Waals surface area contributed by atoms with Gasteiger partial charge in [-0.25, -0.2) is 31.1 Å². The highest BCUT2D eigenvalue weighted by Gasteiger charge is 2.21. The molecule has 2 aromatic rings. The molecule has 0 aromatic heterocycles. The zero-order valence-corrected chi connectivity index (χ0v) is 15.1. The van der Waals surface area contributed by atoms with Crippen molar-refractivity contribution in [2.45, 2.75) is 22.8 Å². The molecule has 2 rings (SSSR count). The van der Waals surface area contributed by atoms with Crippen LogP contribution < -0.4 is 14.6 Å². The van der Waals surface area contributed by atoms with E-state index in [1.165, 1.54) is 44.4 Å². The van der Waals surface area contributed by atoms with Crippen LogP contribution in [-0.2, 0) is 20.0 Å². The number of hydrogen-bond donors (Lipinski definition) is 2. The number of halogens is 1. The number of sulfonamides is 2. The van der Waals surface area contributed by atoms with E-state index in [0.717, 1.165) is 12.1 Å². The summed E-state index contributed by atoms with van der Waals surface area (Å²) in [6.07, 6.45) is 0. The van der Waals surface area contributed by atoms with Crippen molar-refractivity contribution >= 4 is 20.0 Å². The largest absolute Gasteiger partial charge is 0.494 e. The molecular formula is C15H17FN2O5S2. The third-order valence-corrected chi connectivity index (χ3v) is 5.90. The van der Waals surface area contributed by atoms with Crippen molar-refractivity contribution in [3.63, 3.8) is 0 Å². The Hall–Kier alpha value is -2.01. The van der Waals surface area contributed by atoms with E-state index < -0.39 is 31.9 Å². The van der Waals surface area contributed by atoms with Crippen molar-refractivity contribution in [2.24, 2.45) is 5.14 Å². The van der Waals surface area contributed by atoms with Gasteiger partial charge in [-0.1, -0.05) is 12.1 Å². The summed E-state index contributed by atoms with van der Waals surface area (Å²) in [7, 11) is -6.76. The highest BCUT2D eigenvalue weighted by atomic mass is 32.2. The van der Waals surface area contributed by atoms with Crippen LogP contribution in [0.5, 0.6) is 5.75 Å². The van der Waals surface area contributed by atoms with E-state index in [9.17, 15) is 21.2 Å². The lowest BCUT2D eigenvalue weighted by molar-refractivity contribution is 0.386. The number of methoxy groups -OCH3 is 1. The Morgan fingerprint density at radius 2 is 1.72 bits per heavy atom. The predicted octanol–water partition coefficient (Wildman–Crippen LogP) is 1.52. The molecule has 2 aromatic carbocycles. The van der Waals surface area contributed by atoms with Crippen molar-refractivity contribution in [1.82, 2.24) is 4.72 Å². The van der Waals surface area contributed by atoms with Crippen LogP contribution in [0.15, 0.2) is 52.3 Å². The van der Waals surface area contributed by atoms with Gasteiger partial charge in [0.2, 0.25) is 20.0 Å². The molecule has 0 aliphatic rings. The minimum atomic E-state index is -4.04. The summed E-state index contributed by atoms with van der Waals surface area (Å²) in [5.74, 6) is -0.582. The molecule has 1 unspecified atom stereocenters. The summed E-state index contributed by atoms with van der Waals surface area (Å²) in [6, 6.07) is 7.96. The summed E-state index contributed by atoms with van der Waals surface area (Å²) in [5.41, 5.74) is 0.379. The molecule has 0 amide bonds. The minimum absolute atomic E-state index is 0.0414. The van der Waals surface area contributed by atoms with E-state index in [4.69, 9.17) is 9.88 Å². The maximum Gasteiger partial charge on any atom is 0.241 e. The molecular weight excluding hydrogens is 371 g/mol. The minimum Gasteiger partial charge on any atom is -0.494 e. The second-order valence-electron chi connectivity index (χ2n) is 5.26. The maximum atomic E-state index is 13.8. The standard InChI is InChI=1S/C15H17FN2O5S2/c1-10(11-6-7-15(23-2)14(16)8-11)18-25(21,22)13-5-3-4-12(9-13)24(17,19)20/h3-10,18H,1-2H3,(H2,17,19,20). The molecule has 0 saturated carbocycles. The maximum absolute atomic E-state index is 13.8. The predicted molar refractivity (Wildman–Crippen MR) is 89.5 cm³/mol. The second-order valence-corrected chi connectivity index (χ2v) is 8.53. The van der Waals surface area contributed by atoms with Crippen LogP contribution in [0.1, 0.15) is 18.5 Å². The fraction of sp³-hybridized carbons (Fsp3) is 0.200. The Morgan fingerprint density at radius 1 is 1.08 bits per heavy atom. The first-order valence-corrected chi connectivity index (χ1v) is 10.1. The Labute approximate surface area is 145 Å². The van der Waals surface area contributed by atoms with Gasteiger partial charge in [0.05, 0.1) is 16.9 Å². The lowest BCUT2D eigenvalue weighted by atomic mass is 10.1. The van der Waals surface area contributed by atoms with E-state index in [2.05, 4.69) is 4.72 Å².